The van der Waals surface area contributed by atoms with Crippen molar-refractivity contribution in [3.63, 3.8) is 0 Å². The Kier molecular flexibility index (Phi) is 4.91. The van der Waals surface area contributed by atoms with Crippen LogP contribution in [-0.4, -0.2) is 20.0 Å². The Morgan fingerprint density at radius 2 is 2.20 bits per heavy atom. The van der Waals surface area contributed by atoms with Crippen LogP contribution in [0.1, 0.15) is 13.8 Å². The summed E-state index contributed by atoms with van der Waals surface area (Å²) in [6.45, 7) is 4.21. The fraction of sp³-hybridized carbons (Fsp3) is 0.857. The Hall–Kier alpha value is -0.590. The predicted octanol–water partition coefficient (Wildman–Crippen LogP) is 1.16. The number of hydrogen-bond acceptors (Lipinski definition) is 3. The van der Waals surface area contributed by atoms with Crippen molar-refractivity contribution < 1.29 is 9.47 Å². The van der Waals surface area contributed by atoms with Gasteiger partial charge in [0.05, 0.1) is 12.0 Å². The molecule has 0 aliphatic carbocycles. The van der Waals surface area contributed by atoms with E-state index in [0.29, 0.717) is 6.61 Å². The molecule has 3 nitrogen and oxygen atoms in total. The molecule has 0 aliphatic rings. The number of nitriles is 1. The Bertz CT molecular complexity index is 119. The van der Waals surface area contributed by atoms with Gasteiger partial charge in [-0.2, -0.15) is 5.26 Å². The summed E-state index contributed by atoms with van der Waals surface area (Å²) >= 11 is 0. The Labute approximate surface area is 61.5 Å². The maximum atomic E-state index is 8.45. The van der Waals surface area contributed by atoms with Crippen molar-refractivity contribution in [1.82, 2.24) is 0 Å². The van der Waals surface area contributed by atoms with Crippen LogP contribution in [0.4, 0.5) is 0 Å². The van der Waals surface area contributed by atoms with Crippen molar-refractivity contribution in [1.29, 1.82) is 5.26 Å². The van der Waals surface area contributed by atoms with Gasteiger partial charge in [-0.1, -0.05) is 0 Å². The summed E-state index contributed by atoms with van der Waals surface area (Å²) in [5.41, 5.74) is 0. The standard InChI is InChI=1S/C7H13NO2/c1-4-10-7(9-3)6(2)5-8/h6-7H,4H2,1-3H3. The van der Waals surface area contributed by atoms with Crippen molar-refractivity contribution in [2.45, 2.75) is 20.1 Å². The molecule has 2 unspecified atom stereocenters. The summed E-state index contributed by atoms with van der Waals surface area (Å²) in [5.74, 6) is -0.204. The topological polar surface area (TPSA) is 42.2 Å². The van der Waals surface area contributed by atoms with E-state index in [0.717, 1.165) is 0 Å². The van der Waals surface area contributed by atoms with Gasteiger partial charge in [0.25, 0.3) is 0 Å². The molecule has 0 amide bonds. The van der Waals surface area contributed by atoms with Crippen LogP contribution in [-0.2, 0) is 9.47 Å². The van der Waals surface area contributed by atoms with Crippen molar-refractivity contribution >= 4 is 0 Å². The summed E-state index contributed by atoms with van der Waals surface area (Å²) in [6.07, 6.45) is -0.380. The SMILES string of the molecule is CCOC(OC)C(C)C#N. The normalized spacial score (nSPS) is 15.8. The van der Waals surface area contributed by atoms with Gasteiger partial charge in [0.15, 0.2) is 6.29 Å². The molecule has 0 aliphatic heterocycles. The molecule has 3 heteroatoms. The second kappa shape index (κ2) is 5.21. The Morgan fingerprint density at radius 3 is 2.50 bits per heavy atom. The van der Waals surface area contributed by atoms with E-state index < -0.39 is 0 Å². The lowest BCUT2D eigenvalue weighted by atomic mass is 10.2. The van der Waals surface area contributed by atoms with E-state index in [-0.39, 0.29) is 12.2 Å². The minimum Gasteiger partial charge on any atom is -0.355 e. The maximum absolute atomic E-state index is 8.45. The highest BCUT2D eigenvalue weighted by atomic mass is 16.7. The minimum atomic E-state index is -0.380. The van der Waals surface area contributed by atoms with Crippen LogP contribution in [0.5, 0.6) is 0 Å². The van der Waals surface area contributed by atoms with E-state index >= 15 is 0 Å². The maximum Gasteiger partial charge on any atom is 0.172 e. The summed E-state index contributed by atoms with van der Waals surface area (Å²) in [4.78, 5) is 0. The highest BCUT2D eigenvalue weighted by Crippen LogP contribution is 2.05. The van der Waals surface area contributed by atoms with Gasteiger partial charge in [-0.25, -0.2) is 0 Å². The second-order valence-electron chi connectivity index (χ2n) is 1.98. The van der Waals surface area contributed by atoms with Gasteiger partial charge in [-0.15, -0.1) is 0 Å². The first kappa shape index (κ1) is 9.41. The number of nitrogens with zero attached hydrogens (tertiary/aromatic N) is 1. The largest absolute Gasteiger partial charge is 0.355 e. The zero-order chi connectivity index (χ0) is 7.98. The minimum absolute atomic E-state index is 0.204. The predicted molar refractivity (Wildman–Crippen MR) is 37.2 cm³/mol. The van der Waals surface area contributed by atoms with Gasteiger partial charge in [0.1, 0.15) is 0 Å². The summed E-state index contributed by atoms with van der Waals surface area (Å²) in [5, 5.41) is 8.45. The lowest BCUT2D eigenvalue weighted by Crippen LogP contribution is -2.22. The first-order valence-corrected chi connectivity index (χ1v) is 3.30. The number of hydrogen-bond donors (Lipinski definition) is 0. The molecule has 2 atom stereocenters. The van der Waals surface area contributed by atoms with Gasteiger partial charge in [0.2, 0.25) is 0 Å². The zero-order valence-corrected chi connectivity index (χ0v) is 6.63. The third kappa shape index (κ3) is 2.81. The molecule has 0 aromatic heterocycles. The highest BCUT2D eigenvalue weighted by Gasteiger charge is 2.14. The van der Waals surface area contributed by atoms with E-state index in [1.54, 1.807) is 6.92 Å². The number of methoxy groups -OCH3 is 1. The van der Waals surface area contributed by atoms with Gasteiger partial charge in [-0.3, -0.25) is 0 Å². The first-order chi connectivity index (χ1) is 4.76. The smallest absolute Gasteiger partial charge is 0.172 e. The number of ether oxygens (including phenoxy) is 2. The quantitative estimate of drug-likeness (QED) is 0.554. The second-order valence-corrected chi connectivity index (χ2v) is 1.98. The van der Waals surface area contributed by atoms with Crippen LogP contribution in [0.25, 0.3) is 0 Å². The first-order valence-electron chi connectivity index (χ1n) is 3.30. The van der Waals surface area contributed by atoms with E-state index in [1.165, 1.54) is 7.11 Å². The average molecular weight is 143 g/mol. The van der Waals surface area contributed by atoms with Crippen molar-refractivity contribution in [2.24, 2.45) is 5.92 Å². The molecule has 0 heterocycles. The molecule has 58 valence electrons. The monoisotopic (exact) mass is 143 g/mol. The van der Waals surface area contributed by atoms with Gasteiger partial charge in [0, 0.05) is 13.7 Å². The lowest BCUT2D eigenvalue weighted by molar-refractivity contribution is -0.137. The fourth-order valence-corrected chi connectivity index (χ4v) is 0.642. The molecule has 10 heavy (non-hydrogen) atoms. The molecule has 0 N–H and O–H groups in total. The third-order valence-electron chi connectivity index (χ3n) is 1.18. The highest BCUT2D eigenvalue weighted by molar-refractivity contribution is 4.81. The summed E-state index contributed by atoms with van der Waals surface area (Å²) in [6, 6.07) is 2.05. The van der Waals surface area contributed by atoms with E-state index in [9.17, 15) is 0 Å². The lowest BCUT2D eigenvalue weighted by Gasteiger charge is -2.16. The number of rotatable bonds is 4. The van der Waals surface area contributed by atoms with Crippen LogP contribution in [0.2, 0.25) is 0 Å². The van der Waals surface area contributed by atoms with Gasteiger partial charge < -0.3 is 9.47 Å². The molecule has 0 saturated carbocycles. The Balaban J connectivity index is 3.71. The van der Waals surface area contributed by atoms with E-state index in [1.807, 2.05) is 6.92 Å². The molecule has 0 aromatic rings. The average Bonchev–Trinajstić information content (AvgIpc) is 1.99. The molecule has 0 aromatic carbocycles. The molecule has 0 spiro atoms. The molecule has 0 rings (SSSR count). The zero-order valence-electron chi connectivity index (χ0n) is 6.63. The van der Waals surface area contributed by atoms with Crippen LogP contribution >= 0.6 is 0 Å². The van der Waals surface area contributed by atoms with E-state index in [4.69, 9.17) is 14.7 Å². The van der Waals surface area contributed by atoms with Crippen LogP contribution in [0.3, 0.4) is 0 Å². The van der Waals surface area contributed by atoms with Gasteiger partial charge in [-0.05, 0) is 13.8 Å². The summed E-state index contributed by atoms with van der Waals surface area (Å²) < 4.78 is 10.00. The molecule has 0 saturated heterocycles. The van der Waals surface area contributed by atoms with Crippen LogP contribution in [0, 0.1) is 17.2 Å². The van der Waals surface area contributed by atoms with Crippen molar-refractivity contribution in [3.05, 3.63) is 0 Å². The Morgan fingerprint density at radius 1 is 1.60 bits per heavy atom. The van der Waals surface area contributed by atoms with Crippen molar-refractivity contribution in [3.8, 4) is 6.07 Å². The van der Waals surface area contributed by atoms with Crippen LogP contribution < -0.4 is 0 Å². The summed E-state index contributed by atoms with van der Waals surface area (Å²) in [7, 11) is 1.54. The third-order valence-corrected chi connectivity index (χ3v) is 1.18. The van der Waals surface area contributed by atoms with Crippen LogP contribution in [0.15, 0.2) is 0 Å². The molecular formula is C7H13NO2. The van der Waals surface area contributed by atoms with E-state index in [2.05, 4.69) is 6.07 Å². The molecule has 0 radical (unpaired) electrons. The molecule has 0 fully saturated rings. The fourth-order valence-electron chi connectivity index (χ4n) is 0.642. The van der Waals surface area contributed by atoms with Crippen molar-refractivity contribution in [2.75, 3.05) is 13.7 Å². The molecule has 0 bridgehead atoms. The van der Waals surface area contributed by atoms with Gasteiger partial charge >= 0.3 is 0 Å². The molecular weight excluding hydrogens is 130 g/mol.